The van der Waals surface area contributed by atoms with Crippen molar-refractivity contribution in [3.63, 3.8) is 0 Å². The minimum Gasteiger partial charge on any atom is -0.454 e. The zero-order valence-corrected chi connectivity index (χ0v) is 15.2. The van der Waals surface area contributed by atoms with Crippen molar-refractivity contribution in [1.29, 1.82) is 0 Å². The van der Waals surface area contributed by atoms with Crippen LogP contribution in [0.15, 0.2) is 40.5 Å². The monoisotopic (exact) mass is 362 g/mol. The molecule has 0 fully saturated rings. The van der Waals surface area contributed by atoms with E-state index in [9.17, 15) is 14.4 Å². The van der Waals surface area contributed by atoms with Gasteiger partial charge in [0, 0.05) is 11.1 Å². The van der Waals surface area contributed by atoms with Crippen LogP contribution in [0.4, 0.5) is 0 Å². The first kappa shape index (κ1) is 18.9. The van der Waals surface area contributed by atoms with Crippen LogP contribution in [0.25, 0.3) is 0 Å². The van der Waals surface area contributed by atoms with E-state index in [1.807, 2.05) is 37.3 Å². The fourth-order valence-electron chi connectivity index (χ4n) is 2.45. The molecule has 0 radical (unpaired) electrons. The number of ether oxygens (including phenoxy) is 1. The molecule has 0 unspecified atom stereocenters. The number of aromatic nitrogens is 1. The summed E-state index contributed by atoms with van der Waals surface area (Å²) in [5.74, 6) is -0.962. The molecule has 0 saturated heterocycles. The van der Waals surface area contributed by atoms with Gasteiger partial charge in [-0.05, 0) is 18.9 Å². The van der Waals surface area contributed by atoms with Crippen molar-refractivity contribution in [1.82, 2.24) is 9.88 Å². The molecule has 0 saturated carbocycles. The van der Waals surface area contributed by atoms with Crippen LogP contribution in [0.3, 0.4) is 0 Å². The quantitative estimate of drug-likeness (QED) is 0.732. The standard InChI is InChI=1S/C18H22N2O4S/c1-3-7-15(14-8-5-4-6-9-14)19-16(21)11-24-17(22)10-20-13(2)12-25-18(20)23/h4-6,8-9,12,15H,3,7,10-11H2,1-2H3,(H,19,21)/t15-/m1/s1. The Morgan fingerprint density at radius 1 is 1.28 bits per heavy atom. The average Bonchev–Trinajstić information content (AvgIpc) is 2.92. The molecular formula is C18H22N2O4S. The molecule has 0 aliphatic carbocycles. The zero-order chi connectivity index (χ0) is 18.2. The molecule has 0 aliphatic rings. The summed E-state index contributed by atoms with van der Waals surface area (Å²) in [4.78, 5) is 35.3. The molecule has 1 amide bonds. The van der Waals surface area contributed by atoms with Gasteiger partial charge in [0.15, 0.2) is 6.61 Å². The number of carbonyl (C=O) groups excluding carboxylic acids is 2. The second-order valence-electron chi connectivity index (χ2n) is 5.71. The van der Waals surface area contributed by atoms with Crippen LogP contribution in [0.1, 0.15) is 37.1 Å². The summed E-state index contributed by atoms with van der Waals surface area (Å²) in [7, 11) is 0. The summed E-state index contributed by atoms with van der Waals surface area (Å²) in [6.45, 7) is 3.25. The minimum absolute atomic E-state index is 0.112. The maximum absolute atomic E-state index is 12.1. The Balaban J connectivity index is 1.86. The molecule has 1 aromatic carbocycles. The van der Waals surface area contributed by atoms with E-state index in [1.54, 1.807) is 12.3 Å². The van der Waals surface area contributed by atoms with Crippen LogP contribution < -0.4 is 10.2 Å². The molecule has 2 rings (SSSR count). The number of hydrogen-bond donors (Lipinski definition) is 1. The molecule has 2 aromatic rings. The van der Waals surface area contributed by atoms with Gasteiger partial charge in [-0.15, -0.1) is 0 Å². The fourth-order valence-corrected chi connectivity index (χ4v) is 3.18. The maximum atomic E-state index is 12.1. The van der Waals surface area contributed by atoms with Gasteiger partial charge in [-0.2, -0.15) is 0 Å². The highest BCUT2D eigenvalue weighted by atomic mass is 32.1. The second-order valence-corrected chi connectivity index (χ2v) is 6.53. The van der Waals surface area contributed by atoms with Gasteiger partial charge in [0.05, 0.1) is 6.04 Å². The van der Waals surface area contributed by atoms with Crippen LogP contribution in [0.5, 0.6) is 0 Å². The summed E-state index contributed by atoms with van der Waals surface area (Å²) in [5, 5.41) is 4.57. The number of esters is 1. The van der Waals surface area contributed by atoms with E-state index in [2.05, 4.69) is 5.32 Å². The summed E-state index contributed by atoms with van der Waals surface area (Å²) in [6, 6.07) is 9.57. The summed E-state index contributed by atoms with van der Waals surface area (Å²) < 4.78 is 6.32. The van der Waals surface area contributed by atoms with E-state index < -0.39 is 5.97 Å². The van der Waals surface area contributed by atoms with E-state index in [4.69, 9.17) is 4.74 Å². The molecule has 1 atom stereocenters. The third-order valence-corrected chi connectivity index (χ3v) is 4.62. The third-order valence-electron chi connectivity index (χ3n) is 3.74. The second kappa shape index (κ2) is 9.17. The largest absolute Gasteiger partial charge is 0.454 e. The number of rotatable bonds is 8. The van der Waals surface area contributed by atoms with Crippen molar-refractivity contribution in [2.24, 2.45) is 0 Å². The van der Waals surface area contributed by atoms with Crippen LogP contribution in [0, 0.1) is 6.92 Å². The number of aryl methyl sites for hydroxylation is 1. The zero-order valence-electron chi connectivity index (χ0n) is 14.4. The lowest BCUT2D eigenvalue weighted by Crippen LogP contribution is -2.33. The molecule has 0 spiro atoms. The maximum Gasteiger partial charge on any atom is 0.326 e. The molecule has 134 valence electrons. The Morgan fingerprint density at radius 3 is 2.60 bits per heavy atom. The van der Waals surface area contributed by atoms with Crippen LogP contribution in [-0.4, -0.2) is 23.1 Å². The molecule has 0 bridgehead atoms. The number of amides is 1. The average molecular weight is 362 g/mol. The smallest absolute Gasteiger partial charge is 0.326 e. The van der Waals surface area contributed by atoms with E-state index in [1.165, 1.54) is 4.57 Å². The molecule has 1 heterocycles. The third kappa shape index (κ3) is 5.56. The van der Waals surface area contributed by atoms with Gasteiger partial charge in [-0.1, -0.05) is 55.0 Å². The highest BCUT2D eigenvalue weighted by Gasteiger charge is 2.16. The number of thiazole rings is 1. The van der Waals surface area contributed by atoms with E-state index in [0.29, 0.717) is 5.69 Å². The molecular weight excluding hydrogens is 340 g/mol. The first-order valence-electron chi connectivity index (χ1n) is 8.16. The Morgan fingerprint density at radius 2 is 2.00 bits per heavy atom. The van der Waals surface area contributed by atoms with Gasteiger partial charge in [-0.3, -0.25) is 19.0 Å². The predicted molar refractivity (Wildman–Crippen MR) is 96.5 cm³/mol. The molecule has 6 nitrogen and oxygen atoms in total. The van der Waals surface area contributed by atoms with Crippen LogP contribution in [0.2, 0.25) is 0 Å². The minimum atomic E-state index is -0.606. The van der Waals surface area contributed by atoms with Gasteiger partial charge in [0.2, 0.25) is 0 Å². The van der Waals surface area contributed by atoms with Crippen molar-refractivity contribution in [3.05, 3.63) is 56.6 Å². The van der Waals surface area contributed by atoms with Crippen molar-refractivity contribution < 1.29 is 14.3 Å². The van der Waals surface area contributed by atoms with Crippen molar-refractivity contribution in [2.75, 3.05) is 6.61 Å². The number of benzene rings is 1. The summed E-state index contributed by atoms with van der Waals surface area (Å²) >= 11 is 1.03. The van der Waals surface area contributed by atoms with Gasteiger partial charge in [-0.25, -0.2) is 0 Å². The lowest BCUT2D eigenvalue weighted by molar-refractivity contribution is -0.149. The number of nitrogens with zero attached hydrogens (tertiary/aromatic N) is 1. The van der Waals surface area contributed by atoms with Crippen LogP contribution in [-0.2, 0) is 20.9 Å². The fraction of sp³-hybridized carbons (Fsp3) is 0.389. The lowest BCUT2D eigenvalue weighted by Gasteiger charge is -2.18. The first-order chi connectivity index (χ1) is 12.0. The highest BCUT2D eigenvalue weighted by molar-refractivity contribution is 7.07. The predicted octanol–water partition coefficient (Wildman–Crippen LogP) is 2.42. The number of carbonyl (C=O) groups is 2. The van der Waals surface area contributed by atoms with E-state index in [-0.39, 0.29) is 30.0 Å². The molecule has 7 heteroatoms. The highest BCUT2D eigenvalue weighted by Crippen LogP contribution is 2.17. The van der Waals surface area contributed by atoms with Gasteiger partial charge >= 0.3 is 10.8 Å². The lowest BCUT2D eigenvalue weighted by atomic mass is 10.0. The number of nitrogens with one attached hydrogen (secondary N) is 1. The summed E-state index contributed by atoms with van der Waals surface area (Å²) in [5.41, 5.74) is 1.72. The Bertz CT molecular complexity index is 767. The molecule has 1 aromatic heterocycles. The van der Waals surface area contributed by atoms with Gasteiger partial charge in [0.1, 0.15) is 6.54 Å². The van der Waals surface area contributed by atoms with Crippen molar-refractivity contribution >= 4 is 23.2 Å². The topological polar surface area (TPSA) is 77.4 Å². The first-order valence-corrected chi connectivity index (χ1v) is 9.04. The molecule has 25 heavy (non-hydrogen) atoms. The SMILES string of the molecule is CCC[C@@H](NC(=O)COC(=O)Cn1c(C)csc1=O)c1ccccc1. The van der Waals surface area contributed by atoms with Crippen molar-refractivity contribution in [3.8, 4) is 0 Å². The van der Waals surface area contributed by atoms with E-state index in [0.717, 1.165) is 29.7 Å². The Hall–Kier alpha value is -2.41. The van der Waals surface area contributed by atoms with Crippen LogP contribution >= 0.6 is 11.3 Å². The molecule has 0 aliphatic heterocycles. The van der Waals surface area contributed by atoms with Gasteiger partial charge < -0.3 is 10.1 Å². The summed E-state index contributed by atoms with van der Waals surface area (Å²) in [6.07, 6.45) is 1.72. The van der Waals surface area contributed by atoms with Gasteiger partial charge in [0.25, 0.3) is 5.91 Å². The Kier molecular flexibility index (Phi) is 6.94. The Labute approximate surface area is 150 Å². The number of hydrogen-bond acceptors (Lipinski definition) is 5. The molecule has 1 N–H and O–H groups in total. The van der Waals surface area contributed by atoms with Crippen molar-refractivity contribution in [2.45, 2.75) is 39.3 Å². The normalized spacial score (nSPS) is 11.8. The van der Waals surface area contributed by atoms with E-state index >= 15 is 0 Å².